The van der Waals surface area contributed by atoms with Crippen LogP contribution in [0.5, 0.6) is 11.5 Å². The lowest BCUT2D eigenvalue weighted by Crippen LogP contribution is -2.00. The van der Waals surface area contributed by atoms with Crippen molar-refractivity contribution in [2.24, 2.45) is 0 Å². The van der Waals surface area contributed by atoms with E-state index in [0.29, 0.717) is 11.0 Å². The van der Waals surface area contributed by atoms with Crippen molar-refractivity contribution in [1.82, 2.24) is 0 Å². The molecule has 1 N–H and O–H groups in total. The zero-order chi connectivity index (χ0) is 14.1. The number of anilines is 1. The molecular formula is C14H10Br2FNO2. The molecule has 2 aromatic rings. The Morgan fingerprint density at radius 1 is 1.05 bits per heavy atom. The van der Waals surface area contributed by atoms with Gasteiger partial charge in [-0.05, 0) is 51.8 Å². The summed E-state index contributed by atoms with van der Waals surface area (Å²) in [5.74, 6) is 1.17. The maximum absolute atomic E-state index is 13.4. The number of fused-ring (bicyclic) bond motifs is 1. The van der Waals surface area contributed by atoms with Crippen molar-refractivity contribution in [3.63, 3.8) is 0 Å². The number of ether oxygens (including phenoxy) is 2. The molecule has 6 heteroatoms. The second-order valence-electron chi connectivity index (χ2n) is 4.28. The third-order valence-corrected chi connectivity index (χ3v) is 4.33. The first-order chi connectivity index (χ1) is 9.63. The molecular weight excluding hydrogens is 393 g/mol. The summed E-state index contributed by atoms with van der Waals surface area (Å²) in [6.45, 7) is 0.800. The molecule has 0 unspecified atom stereocenters. The van der Waals surface area contributed by atoms with Gasteiger partial charge >= 0.3 is 0 Å². The summed E-state index contributed by atoms with van der Waals surface area (Å²) in [4.78, 5) is 0. The number of benzene rings is 2. The third-order valence-electron chi connectivity index (χ3n) is 2.94. The normalized spacial score (nSPS) is 12.6. The Balaban J connectivity index is 1.76. The van der Waals surface area contributed by atoms with Gasteiger partial charge in [-0.1, -0.05) is 15.9 Å². The van der Waals surface area contributed by atoms with Crippen molar-refractivity contribution in [2.45, 2.75) is 6.54 Å². The minimum Gasteiger partial charge on any atom is -0.454 e. The summed E-state index contributed by atoms with van der Waals surface area (Å²) in [6.07, 6.45) is 0. The van der Waals surface area contributed by atoms with Gasteiger partial charge in [-0.3, -0.25) is 0 Å². The fourth-order valence-electron chi connectivity index (χ4n) is 1.90. The van der Waals surface area contributed by atoms with E-state index in [4.69, 9.17) is 9.47 Å². The van der Waals surface area contributed by atoms with Crippen LogP contribution >= 0.6 is 31.9 Å². The van der Waals surface area contributed by atoms with Gasteiger partial charge in [0.25, 0.3) is 0 Å². The van der Waals surface area contributed by atoms with E-state index in [1.807, 2.05) is 18.2 Å². The predicted molar refractivity (Wildman–Crippen MR) is 81.7 cm³/mol. The van der Waals surface area contributed by atoms with Crippen LogP contribution < -0.4 is 14.8 Å². The summed E-state index contributed by atoms with van der Waals surface area (Å²) in [7, 11) is 0. The molecule has 0 bridgehead atoms. The van der Waals surface area contributed by atoms with E-state index in [2.05, 4.69) is 37.2 Å². The van der Waals surface area contributed by atoms with E-state index in [-0.39, 0.29) is 12.6 Å². The Labute approximate surface area is 132 Å². The molecule has 3 rings (SSSR count). The van der Waals surface area contributed by atoms with Crippen LogP contribution in [0, 0.1) is 5.82 Å². The van der Waals surface area contributed by atoms with Crippen molar-refractivity contribution < 1.29 is 13.9 Å². The Hall–Kier alpha value is -1.27. The van der Waals surface area contributed by atoms with E-state index in [1.54, 1.807) is 6.07 Å². The Morgan fingerprint density at radius 3 is 2.55 bits per heavy atom. The maximum Gasteiger partial charge on any atom is 0.231 e. The monoisotopic (exact) mass is 401 g/mol. The molecule has 3 nitrogen and oxygen atoms in total. The van der Waals surface area contributed by atoms with Crippen LogP contribution in [0.4, 0.5) is 10.1 Å². The Kier molecular flexibility index (Phi) is 3.85. The Bertz CT molecular complexity index is 664. The second kappa shape index (κ2) is 5.61. The molecule has 0 saturated heterocycles. The van der Waals surface area contributed by atoms with Crippen LogP contribution in [0.3, 0.4) is 0 Å². The summed E-state index contributed by atoms with van der Waals surface area (Å²) >= 11 is 6.62. The lowest BCUT2D eigenvalue weighted by molar-refractivity contribution is 0.174. The standard InChI is InChI=1S/C14H10Br2FNO2/c15-10-2-1-9(4-12(10)17)18-6-8-3-13-14(5-11(8)16)20-7-19-13/h1-5,18H,6-7H2. The molecule has 0 aromatic heterocycles. The van der Waals surface area contributed by atoms with Crippen LogP contribution in [0.15, 0.2) is 39.3 Å². The summed E-state index contributed by atoms with van der Waals surface area (Å²) in [5.41, 5.74) is 1.73. The molecule has 0 amide bonds. The van der Waals surface area contributed by atoms with Crippen LogP contribution in [0.25, 0.3) is 0 Å². The molecule has 2 aromatic carbocycles. The molecule has 20 heavy (non-hydrogen) atoms. The first kappa shape index (κ1) is 13.7. The van der Waals surface area contributed by atoms with E-state index in [1.165, 1.54) is 6.07 Å². The van der Waals surface area contributed by atoms with E-state index >= 15 is 0 Å². The highest BCUT2D eigenvalue weighted by Crippen LogP contribution is 2.37. The molecule has 0 atom stereocenters. The zero-order valence-electron chi connectivity index (χ0n) is 10.3. The molecule has 0 aliphatic carbocycles. The zero-order valence-corrected chi connectivity index (χ0v) is 13.4. The van der Waals surface area contributed by atoms with E-state index < -0.39 is 0 Å². The summed E-state index contributed by atoms with van der Waals surface area (Å²) in [5, 5.41) is 3.17. The van der Waals surface area contributed by atoms with Crippen LogP contribution in [0.1, 0.15) is 5.56 Å². The van der Waals surface area contributed by atoms with Crippen LogP contribution in [0.2, 0.25) is 0 Å². The van der Waals surface area contributed by atoms with Crippen molar-refractivity contribution in [3.8, 4) is 11.5 Å². The average Bonchev–Trinajstić information content (AvgIpc) is 2.87. The number of halogens is 3. The van der Waals surface area contributed by atoms with Crippen LogP contribution in [-0.2, 0) is 6.54 Å². The molecule has 0 radical (unpaired) electrons. The lowest BCUT2D eigenvalue weighted by atomic mass is 10.2. The number of hydrogen-bond acceptors (Lipinski definition) is 3. The molecule has 104 valence electrons. The van der Waals surface area contributed by atoms with Gasteiger partial charge in [0.05, 0.1) is 4.47 Å². The third kappa shape index (κ3) is 2.76. The highest BCUT2D eigenvalue weighted by molar-refractivity contribution is 9.10. The predicted octanol–water partition coefficient (Wildman–Crippen LogP) is 4.69. The van der Waals surface area contributed by atoms with Crippen molar-refractivity contribution in [2.75, 3.05) is 12.1 Å². The van der Waals surface area contributed by atoms with Gasteiger partial charge in [-0.25, -0.2) is 4.39 Å². The molecule has 1 aliphatic heterocycles. The van der Waals surface area contributed by atoms with Crippen LogP contribution in [-0.4, -0.2) is 6.79 Å². The number of rotatable bonds is 3. The maximum atomic E-state index is 13.4. The van der Waals surface area contributed by atoms with Gasteiger partial charge in [0, 0.05) is 16.7 Å². The van der Waals surface area contributed by atoms with E-state index in [9.17, 15) is 4.39 Å². The van der Waals surface area contributed by atoms with Gasteiger partial charge in [0.1, 0.15) is 5.82 Å². The number of nitrogens with one attached hydrogen (secondary N) is 1. The van der Waals surface area contributed by atoms with Gasteiger partial charge in [0.15, 0.2) is 11.5 Å². The fourth-order valence-corrected chi connectivity index (χ4v) is 2.61. The van der Waals surface area contributed by atoms with Crippen molar-refractivity contribution >= 4 is 37.5 Å². The second-order valence-corrected chi connectivity index (χ2v) is 5.99. The highest BCUT2D eigenvalue weighted by atomic mass is 79.9. The largest absolute Gasteiger partial charge is 0.454 e. The Morgan fingerprint density at radius 2 is 1.80 bits per heavy atom. The minimum absolute atomic E-state index is 0.247. The molecule has 0 spiro atoms. The van der Waals surface area contributed by atoms with E-state index in [0.717, 1.165) is 27.2 Å². The van der Waals surface area contributed by atoms with Gasteiger partial charge in [-0.15, -0.1) is 0 Å². The summed E-state index contributed by atoms with van der Waals surface area (Å²) < 4.78 is 25.4. The topological polar surface area (TPSA) is 30.5 Å². The molecule has 1 aliphatic rings. The highest BCUT2D eigenvalue weighted by Gasteiger charge is 2.16. The van der Waals surface area contributed by atoms with Gasteiger partial charge in [-0.2, -0.15) is 0 Å². The molecule has 1 heterocycles. The first-order valence-corrected chi connectivity index (χ1v) is 7.49. The van der Waals surface area contributed by atoms with Crippen molar-refractivity contribution in [3.05, 3.63) is 50.7 Å². The lowest BCUT2D eigenvalue weighted by Gasteiger charge is -2.10. The summed E-state index contributed by atoms with van der Waals surface area (Å²) in [6, 6.07) is 8.72. The quantitative estimate of drug-likeness (QED) is 0.807. The SMILES string of the molecule is Fc1cc(NCc2cc3c(cc2Br)OCO3)ccc1Br. The smallest absolute Gasteiger partial charge is 0.231 e. The molecule has 0 saturated carbocycles. The first-order valence-electron chi connectivity index (χ1n) is 5.90. The van der Waals surface area contributed by atoms with Crippen molar-refractivity contribution in [1.29, 1.82) is 0 Å². The van der Waals surface area contributed by atoms with Gasteiger partial charge in [0.2, 0.25) is 6.79 Å². The molecule has 0 fully saturated rings. The minimum atomic E-state index is -0.292. The van der Waals surface area contributed by atoms with Gasteiger partial charge < -0.3 is 14.8 Å². The average molecular weight is 403 g/mol. The fraction of sp³-hybridized carbons (Fsp3) is 0.143. The number of hydrogen-bond donors (Lipinski definition) is 1.